The average molecular weight is 214 g/mol. The van der Waals surface area contributed by atoms with Crippen molar-refractivity contribution in [1.29, 1.82) is 0 Å². The van der Waals surface area contributed by atoms with Gasteiger partial charge in [-0.05, 0) is 17.4 Å². The fraction of sp³-hybridized carbons (Fsp3) is 1.00. The minimum atomic E-state index is 0.960. The van der Waals surface area contributed by atoms with Gasteiger partial charge in [-0.1, -0.05) is 44.8 Å². The third-order valence-corrected chi connectivity index (χ3v) is 6.40. The van der Waals surface area contributed by atoms with Crippen molar-refractivity contribution in [1.82, 2.24) is 0 Å². The molecule has 3 heteroatoms. The van der Waals surface area contributed by atoms with E-state index in [0.29, 0.717) is 0 Å². The lowest BCUT2D eigenvalue weighted by Gasteiger charge is -2.21. The Balaban J connectivity index is 1.60. The predicted molar refractivity (Wildman–Crippen MR) is 66.7 cm³/mol. The summed E-state index contributed by atoms with van der Waals surface area (Å²) in [5.74, 6) is 3.90. The molecule has 0 aromatic heterocycles. The summed E-state index contributed by atoms with van der Waals surface area (Å²) in [5.41, 5.74) is 0. The molecular formula is C10H19BS2. The normalized spacial score (nSPS) is 25.4. The van der Waals surface area contributed by atoms with Crippen LogP contribution in [0.2, 0.25) is 6.32 Å². The first-order valence-electron chi connectivity index (χ1n) is 5.68. The monoisotopic (exact) mass is 214 g/mol. The SMILES string of the molecule is C1CCC(CCB2SCCS2)CC1. The van der Waals surface area contributed by atoms with Gasteiger partial charge in [0.1, 0.15) is 0 Å². The van der Waals surface area contributed by atoms with Crippen molar-refractivity contribution in [3.8, 4) is 0 Å². The van der Waals surface area contributed by atoms with Crippen LogP contribution in [-0.4, -0.2) is 16.8 Å². The maximum Gasteiger partial charge on any atom is 0.273 e. The van der Waals surface area contributed by atoms with Gasteiger partial charge in [0.05, 0.1) is 0 Å². The Morgan fingerprint density at radius 3 is 2.38 bits per heavy atom. The summed E-state index contributed by atoms with van der Waals surface area (Å²) >= 11 is 4.39. The molecule has 2 rings (SSSR count). The summed E-state index contributed by atoms with van der Waals surface area (Å²) in [6.45, 7) is 0. The van der Waals surface area contributed by atoms with Crippen molar-refractivity contribution < 1.29 is 0 Å². The van der Waals surface area contributed by atoms with Crippen LogP contribution in [-0.2, 0) is 0 Å². The zero-order valence-corrected chi connectivity index (χ0v) is 9.97. The molecule has 0 radical (unpaired) electrons. The Morgan fingerprint density at radius 2 is 1.69 bits per heavy atom. The molecule has 2 aliphatic rings. The molecule has 0 aromatic rings. The zero-order valence-electron chi connectivity index (χ0n) is 8.34. The van der Waals surface area contributed by atoms with E-state index in [1.54, 1.807) is 0 Å². The van der Waals surface area contributed by atoms with E-state index in [9.17, 15) is 0 Å². The molecule has 0 spiro atoms. The van der Waals surface area contributed by atoms with Crippen LogP contribution in [0.1, 0.15) is 38.5 Å². The molecule has 0 nitrogen and oxygen atoms in total. The lowest BCUT2D eigenvalue weighted by Crippen LogP contribution is -2.09. The van der Waals surface area contributed by atoms with Gasteiger partial charge in [-0.25, -0.2) is 0 Å². The highest BCUT2D eigenvalue weighted by atomic mass is 32.2. The van der Waals surface area contributed by atoms with Gasteiger partial charge in [-0.2, -0.15) is 23.2 Å². The summed E-state index contributed by atoms with van der Waals surface area (Å²) < 4.78 is 0. The van der Waals surface area contributed by atoms with Gasteiger partial charge in [0.15, 0.2) is 0 Å². The second-order valence-corrected chi connectivity index (χ2v) is 7.17. The lowest BCUT2D eigenvalue weighted by molar-refractivity contribution is 0.349. The largest absolute Gasteiger partial charge is 0.273 e. The van der Waals surface area contributed by atoms with Crippen LogP contribution >= 0.6 is 23.2 Å². The van der Waals surface area contributed by atoms with Crippen LogP contribution in [0, 0.1) is 5.92 Å². The Bertz CT molecular complexity index is 140. The minimum absolute atomic E-state index is 0.960. The molecule has 0 bridgehead atoms. The second-order valence-electron chi connectivity index (χ2n) is 4.25. The molecule has 0 amide bonds. The van der Waals surface area contributed by atoms with Crippen LogP contribution < -0.4 is 0 Å². The van der Waals surface area contributed by atoms with Gasteiger partial charge in [-0.3, -0.25) is 0 Å². The predicted octanol–water partition coefficient (Wildman–Crippen LogP) is 3.93. The number of hydrogen-bond acceptors (Lipinski definition) is 2. The van der Waals surface area contributed by atoms with Crippen molar-refractivity contribution >= 4 is 28.5 Å². The molecule has 13 heavy (non-hydrogen) atoms. The Kier molecular flexibility index (Phi) is 4.43. The highest BCUT2D eigenvalue weighted by Crippen LogP contribution is 2.35. The van der Waals surface area contributed by atoms with Gasteiger partial charge in [0.2, 0.25) is 0 Å². The molecule has 1 aliphatic carbocycles. The van der Waals surface area contributed by atoms with E-state index in [1.807, 2.05) is 0 Å². The van der Waals surface area contributed by atoms with Gasteiger partial charge in [-0.15, -0.1) is 0 Å². The van der Waals surface area contributed by atoms with Crippen LogP contribution in [0.25, 0.3) is 0 Å². The molecule has 0 N–H and O–H groups in total. The second kappa shape index (κ2) is 5.60. The molecular weight excluding hydrogens is 195 g/mol. The van der Waals surface area contributed by atoms with Crippen molar-refractivity contribution in [3.63, 3.8) is 0 Å². The van der Waals surface area contributed by atoms with E-state index in [0.717, 1.165) is 11.2 Å². The summed E-state index contributed by atoms with van der Waals surface area (Å²) in [4.78, 5) is 0. The first kappa shape index (κ1) is 10.3. The number of hydrogen-bond donors (Lipinski definition) is 0. The Morgan fingerprint density at radius 1 is 1.00 bits per heavy atom. The maximum absolute atomic E-state index is 2.19. The maximum atomic E-state index is 2.19. The zero-order chi connectivity index (χ0) is 8.93. The van der Waals surface area contributed by atoms with Crippen LogP contribution in [0.3, 0.4) is 0 Å². The number of rotatable bonds is 3. The average Bonchev–Trinajstić information content (AvgIpc) is 2.69. The van der Waals surface area contributed by atoms with Crippen molar-refractivity contribution in [2.75, 3.05) is 11.5 Å². The molecule has 1 saturated carbocycles. The van der Waals surface area contributed by atoms with E-state index in [2.05, 4.69) is 23.2 Å². The first-order chi connectivity index (χ1) is 6.45. The summed E-state index contributed by atoms with van der Waals surface area (Å²) in [5, 5.41) is 0.960. The third-order valence-electron chi connectivity index (χ3n) is 3.23. The molecule has 0 atom stereocenters. The van der Waals surface area contributed by atoms with Crippen LogP contribution in [0.15, 0.2) is 0 Å². The fourth-order valence-corrected chi connectivity index (χ4v) is 5.28. The van der Waals surface area contributed by atoms with Gasteiger partial charge in [0, 0.05) is 0 Å². The lowest BCUT2D eigenvalue weighted by atomic mass is 9.82. The van der Waals surface area contributed by atoms with Crippen LogP contribution in [0.4, 0.5) is 0 Å². The molecule has 1 saturated heterocycles. The van der Waals surface area contributed by atoms with Gasteiger partial charge >= 0.3 is 0 Å². The third kappa shape index (κ3) is 3.43. The van der Waals surface area contributed by atoms with E-state index in [-0.39, 0.29) is 0 Å². The summed E-state index contributed by atoms with van der Waals surface area (Å²) in [6.07, 6.45) is 10.6. The Labute approximate surface area is 90.9 Å². The van der Waals surface area contributed by atoms with E-state index in [1.165, 1.54) is 56.4 Å². The van der Waals surface area contributed by atoms with Crippen molar-refractivity contribution in [2.24, 2.45) is 5.92 Å². The smallest absolute Gasteiger partial charge is 0.194 e. The molecule has 1 heterocycles. The van der Waals surface area contributed by atoms with E-state index >= 15 is 0 Å². The van der Waals surface area contributed by atoms with E-state index in [4.69, 9.17) is 0 Å². The molecule has 1 aliphatic heterocycles. The van der Waals surface area contributed by atoms with Crippen molar-refractivity contribution in [3.05, 3.63) is 0 Å². The van der Waals surface area contributed by atoms with Crippen LogP contribution in [0.5, 0.6) is 0 Å². The van der Waals surface area contributed by atoms with Crippen molar-refractivity contribution in [2.45, 2.75) is 44.8 Å². The van der Waals surface area contributed by atoms with E-state index < -0.39 is 0 Å². The quantitative estimate of drug-likeness (QED) is 0.653. The molecule has 0 unspecified atom stereocenters. The molecule has 2 fully saturated rings. The topological polar surface area (TPSA) is 0 Å². The Hall–Kier alpha value is 0.765. The summed E-state index contributed by atoms with van der Waals surface area (Å²) in [7, 11) is 0. The minimum Gasteiger partial charge on any atom is -0.194 e. The standard InChI is InChI=1S/C10H19BS2/c1-2-4-10(5-3-1)6-7-11-12-8-9-13-11/h10H,1-9H2. The highest BCUT2D eigenvalue weighted by Gasteiger charge is 2.22. The van der Waals surface area contributed by atoms with Gasteiger partial charge in [0.25, 0.3) is 5.27 Å². The van der Waals surface area contributed by atoms with Gasteiger partial charge < -0.3 is 0 Å². The highest BCUT2D eigenvalue weighted by molar-refractivity contribution is 8.56. The molecule has 0 aromatic carbocycles. The first-order valence-corrected chi connectivity index (χ1v) is 7.78. The summed E-state index contributed by atoms with van der Waals surface area (Å²) in [6, 6.07) is 0. The fourth-order valence-electron chi connectivity index (χ4n) is 2.42. The molecule has 74 valence electrons.